The summed E-state index contributed by atoms with van der Waals surface area (Å²) in [6.07, 6.45) is 0.855. The molecule has 0 aliphatic carbocycles. The summed E-state index contributed by atoms with van der Waals surface area (Å²) in [7, 11) is -2.51. The molecule has 4 N–H and O–H groups in total. The maximum Gasteiger partial charge on any atom is 0.500 e. The summed E-state index contributed by atoms with van der Waals surface area (Å²) in [4.78, 5) is 0. The molecule has 0 spiro atoms. The van der Waals surface area contributed by atoms with Gasteiger partial charge in [0.05, 0.1) is 0 Å². The fourth-order valence-electron chi connectivity index (χ4n) is 1.56. The van der Waals surface area contributed by atoms with E-state index in [2.05, 4.69) is 10.7 Å². The third-order valence-corrected chi connectivity index (χ3v) is 5.58. The van der Waals surface area contributed by atoms with Crippen molar-refractivity contribution in [2.24, 2.45) is 5.84 Å². The van der Waals surface area contributed by atoms with Crippen LogP contribution in [0.5, 0.6) is 0 Å². The van der Waals surface area contributed by atoms with Crippen LogP contribution in [0.3, 0.4) is 0 Å². The van der Waals surface area contributed by atoms with Crippen LogP contribution in [-0.2, 0) is 13.3 Å². The van der Waals surface area contributed by atoms with E-state index in [9.17, 15) is 0 Å². The van der Waals surface area contributed by atoms with E-state index in [0.29, 0.717) is 31.5 Å². The number of nitrogens with two attached hydrogens (primary N) is 1. The molecule has 8 heteroatoms. The normalized spacial score (nSPS) is 11.3. The predicted octanol–water partition coefficient (Wildman–Crippen LogP) is 0.763. The molecule has 0 bridgehead atoms. The first-order chi connectivity index (χ1) is 8.64. The minimum Gasteiger partial charge on any atom is -0.374 e. The number of hydrazine groups is 1. The molecule has 0 saturated carbocycles. The van der Waals surface area contributed by atoms with E-state index >= 15 is 0 Å². The van der Waals surface area contributed by atoms with Crippen LogP contribution in [0.25, 0.3) is 0 Å². The van der Waals surface area contributed by atoms with Crippen LogP contribution in [0, 0.1) is 0 Å². The molecule has 0 aliphatic rings. The molecule has 0 atom stereocenters. The van der Waals surface area contributed by atoms with E-state index in [0.717, 1.165) is 12.5 Å². The van der Waals surface area contributed by atoms with E-state index < -0.39 is 8.80 Å². The second kappa shape index (κ2) is 10.6. The van der Waals surface area contributed by atoms with Crippen molar-refractivity contribution < 1.29 is 13.3 Å². The van der Waals surface area contributed by atoms with Crippen molar-refractivity contribution in [3.63, 3.8) is 0 Å². The van der Waals surface area contributed by atoms with Gasteiger partial charge in [0.25, 0.3) is 0 Å². The Hall–Kier alpha value is -0.253. The molecule has 0 radical (unpaired) electrons. The lowest BCUT2D eigenvalue weighted by Crippen LogP contribution is -2.47. The molecule has 0 amide bonds. The summed E-state index contributed by atoms with van der Waals surface area (Å²) >= 11 is 4.89. The van der Waals surface area contributed by atoms with Crippen LogP contribution in [0.4, 0.5) is 0 Å². The van der Waals surface area contributed by atoms with Crippen molar-refractivity contribution in [1.82, 2.24) is 10.7 Å². The molecule has 108 valence electrons. The standard InChI is InChI=1S/C10H25N3O3SSi/c1-4-14-18(15-5-2,16-6-3)9-7-8-12-10(17)13-11/h4-9,11H2,1-3H3,(H2,12,13,17). The van der Waals surface area contributed by atoms with E-state index in [1.165, 1.54) is 0 Å². The first-order valence-electron chi connectivity index (χ1n) is 6.30. The molecule has 0 saturated heterocycles. The molecular formula is C10H25N3O3SSi. The minimum absolute atomic E-state index is 0.437. The number of rotatable bonds is 10. The highest BCUT2D eigenvalue weighted by Gasteiger charge is 2.39. The molecule has 0 heterocycles. The van der Waals surface area contributed by atoms with E-state index in [4.69, 9.17) is 31.3 Å². The Kier molecular flexibility index (Phi) is 10.5. The van der Waals surface area contributed by atoms with E-state index in [-0.39, 0.29) is 0 Å². The SMILES string of the molecule is CCO[Si](CCCNC(=S)NN)(OCC)OCC. The van der Waals surface area contributed by atoms with Crippen molar-refractivity contribution in [1.29, 1.82) is 0 Å². The van der Waals surface area contributed by atoms with Gasteiger partial charge in [-0.15, -0.1) is 0 Å². The average Bonchev–Trinajstić information content (AvgIpc) is 2.35. The maximum atomic E-state index is 5.74. The zero-order valence-electron chi connectivity index (χ0n) is 11.5. The van der Waals surface area contributed by atoms with Gasteiger partial charge >= 0.3 is 8.80 Å². The summed E-state index contributed by atoms with van der Waals surface area (Å²) < 4.78 is 17.2. The van der Waals surface area contributed by atoms with Gasteiger partial charge in [0.2, 0.25) is 0 Å². The Labute approximate surface area is 116 Å². The molecular weight excluding hydrogens is 270 g/mol. The van der Waals surface area contributed by atoms with Crippen molar-refractivity contribution in [3.05, 3.63) is 0 Å². The van der Waals surface area contributed by atoms with Gasteiger partial charge in [-0.25, -0.2) is 5.84 Å². The number of nitrogens with one attached hydrogen (secondary N) is 2. The average molecular weight is 295 g/mol. The van der Waals surface area contributed by atoms with Gasteiger partial charge in [0, 0.05) is 32.4 Å². The molecule has 6 nitrogen and oxygen atoms in total. The van der Waals surface area contributed by atoms with Crippen molar-refractivity contribution in [2.45, 2.75) is 33.2 Å². The van der Waals surface area contributed by atoms with Gasteiger partial charge < -0.3 is 24.0 Å². The molecule has 0 aromatic heterocycles. The second-order valence-electron chi connectivity index (χ2n) is 3.49. The monoisotopic (exact) mass is 295 g/mol. The summed E-state index contributed by atoms with van der Waals surface area (Å²) in [6, 6.07) is 0.767. The fraction of sp³-hybridized carbons (Fsp3) is 0.900. The molecule has 0 fully saturated rings. The summed E-state index contributed by atoms with van der Waals surface area (Å²) in [5.41, 5.74) is 2.38. The number of hydrogen-bond acceptors (Lipinski definition) is 5. The van der Waals surface area contributed by atoms with Crippen LogP contribution in [0.2, 0.25) is 6.04 Å². The quantitative estimate of drug-likeness (QED) is 0.181. The largest absolute Gasteiger partial charge is 0.500 e. The summed E-state index contributed by atoms with van der Waals surface area (Å²) in [5.74, 6) is 5.16. The van der Waals surface area contributed by atoms with Gasteiger partial charge in [0.1, 0.15) is 0 Å². The van der Waals surface area contributed by atoms with Gasteiger partial charge in [-0.2, -0.15) is 0 Å². The third kappa shape index (κ3) is 7.24. The zero-order chi connectivity index (χ0) is 13.9. The Balaban J connectivity index is 4.16. The summed E-state index contributed by atoms with van der Waals surface area (Å²) in [5, 5.41) is 3.42. The fourth-order valence-corrected chi connectivity index (χ4v) is 4.27. The molecule has 0 rings (SSSR count). The lowest BCUT2D eigenvalue weighted by Gasteiger charge is -2.28. The lowest BCUT2D eigenvalue weighted by atomic mass is 10.5. The Bertz CT molecular complexity index is 217. The Morgan fingerprint density at radius 1 is 1.11 bits per heavy atom. The highest BCUT2D eigenvalue weighted by Crippen LogP contribution is 2.17. The minimum atomic E-state index is -2.51. The molecule has 0 aromatic carbocycles. The molecule has 0 aromatic rings. The smallest absolute Gasteiger partial charge is 0.374 e. The van der Waals surface area contributed by atoms with Crippen LogP contribution in [0.15, 0.2) is 0 Å². The molecule has 0 aliphatic heterocycles. The first-order valence-corrected chi connectivity index (χ1v) is 8.64. The zero-order valence-corrected chi connectivity index (χ0v) is 13.3. The van der Waals surface area contributed by atoms with E-state index in [1.54, 1.807) is 0 Å². The number of hydrogen-bond donors (Lipinski definition) is 3. The van der Waals surface area contributed by atoms with Crippen molar-refractivity contribution >= 4 is 26.1 Å². The predicted molar refractivity (Wildman–Crippen MR) is 78.0 cm³/mol. The highest BCUT2D eigenvalue weighted by molar-refractivity contribution is 7.80. The van der Waals surface area contributed by atoms with Gasteiger partial charge in [0.15, 0.2) is 5.11 Å². The van der Waals surface area contributed by atoms with Gasteiger partial charge in [-0.05, 0) is 39.4 Å². The van der Waals surface area contributed by atoms with Crippen molar-refractivity contribution in [2.75, 3.05) is 26.4 Å². The number of thiocarbonyl (C=S) groups is 1. The highest BCUT2D eigenvalue weighted by atomic mass is 32.1. The third-order valence-electron chi connectivity index (χ3n) is 2.17. The van der Waals surface area contributed by atoms with Crippen LogP contribution < -0.4 is 16.6 Å². The van der Waals surface area contributed by atoms with Crippen LogP contribution >= 0.6 is 12.2 Å². The van der Waals surface area contributed by atoms with Crippen LogP contribution in [0.1, 0.15) is 27.2 Å². The second-order valence-corrected chi connectivity index (χ2v) is 6.63. The Morgan fingerprint density at radius 2 is 1.61 bits per heavy atom. The molecule has 0 unspecified atom stereocenters. The Morgan fingerprint density at radius 3 is 2.00 bits per heavy atom. The topological polar surface area (TPSA) is 77.8 Å². The lowest BCUT2D eigenvalue weighted by molar-refractivity contribution is 0.0709. The van der Waals surface area contributed by atoms with E-state index in [1.807, 2.05) is 20.8 Å². The van der Waals surface area contributed by atoms with Crippen LogP contribution in [-0.4, -0.2) is 40.3 Å². The van der Waals surface area contributed by atoms with Gasteiger partial charge in [-0.3, -0.25) is 0 Å². The first kappa shape index (κ1) is 17.7. The molecule has 18 heavy (non-hydrogen) atoms. The maximum absolute atomic E-state index is 5.74. The van der Waals surface area contributed by atoms with Gasteiger partial charge in [-0.1, -0.05) is 0 Å². The summed E-state index contributed by atoms with van der Waals surface area (Å²) in [6.45, 7) is 8.36. The van der Waals surface area contributed by atoms with Crippen molar-refractivity contribution in [3.8, 4) is 0 Å².